The fraction of sp³-hybridized carbons (Fsp3) is 0.487. The van der Waals surface area contributed by atoms with E-state index >= 15 is 0 Å². The zero-order valence-corrected chi connectivity index (χ0v) is 28.3. The van der Waals surface area contributed by atoms with Crippen molar-refractivity contribution in [2.45, 2.75) is 50.1 Å². The van der Waals surface area contributed by atoms with Gasteiger partial charge in [0.05, 0.1) is 45.8 Å². The highest BCUT2D eigenvalue weighted by Gasteiger charge is 2.78. The number of likely N-dealkylation sites (tertiary alicyclic amines) is 1. The molecule has 3 saturated heterocycles. The number of fused-ring (bicyclic) bond motifs is 1. The van der Waals surface area contributed by atoms with Crippen LogP contribution in [0.15, 0.2) is 83.9 Å². The van der Waals surface area contributed by atoms with Crippen molar-refractivity contribution >= 4 is 11.7 Å². The van der Waals surface area contributed by atoms with Crippen LogP contribution in [-0.2, 0) is 38.3 Å². The highest BCUT2D eigenvalue weighted by Crippen LogP contribution is 2.61. The van der Waals surface area contributed by atoms with Crippen LogP contribution >= 0.6 is 0 Å². The Morgan fingerprint density at radius 2 is 1.60 bits per heavy atom. The van der Waals surface area contributed by atoms with Crippen LogP contribution in [0.5, 0.6) is 11.5 Å². The number of carbonyl (C=O) groups is 1. The molecule has 48 heavy (non-hydrogen) atoms. The summed E-state index contributed by atoms with van der Waals surface area (Å²) < 4.78 is 30.3. The second-order valence-electron chi connectivity index (χ2n) is 13.2. The molecule has 2 bridgehead atoms. The van der Waals surface area contributed by atoms with Gasteiger partial charge >= 0.3 is 5.97 Å². The number of morpholine rings is 1. The number of esters is 1. The lowest BCUT2D eigenvalue weighted by atomic mass is 9.74. The molecule has 0 aromatic heterocycles. The summed E-state index contributed by atoms with van der Waals surface area (Å²) in [7, 11) is 3.32. The monoisotopic (exact) mass is 653 g/mol. The Labute approximate surface area is 283 Å². The first kappa shape index (κ1) is 32.8. The SMILES string of the molecule is CCOC(=O)[C@H]1[C@@H]2CN(CCc3ccc(OC)c(OC)c3)[C@@H](CCc3ccccc3)[C@@]23N=C(Cc2ccccc2)C1(N1CCOCC1)O3. The molecule has 0 radical (unpaired) electrons. The molecule has 3 aromatic carbocycles. The topological polar surface area (TPSA) is 82.1 Å². The van der Waals surface area contributed by atoms with Crippen molar-refractivity contribution in [1.82, 2.24) is 9.80 Å². The standard InChI is InChI=1S/C39H47N3O6/c1-4-47-37(43)36-31-27-41(20-19-30-15-17-32(44-2)33(25-30)45-3)35(18-16-28-11-7-5-8-12-28)38(31)40-34(26-29-13-9-6-10-14-29)39(36,48-38)42-21-23-46-24-22-42/h5-15,17,25,31,35-36H,4,16,18-24,26-27H2,1-3H3/t31-,35-,36+,38+,39?/m0/s1. The molecule has 254 valence electrons. The lowest BCUT2D eigenvalue weighted by Gasteiger charge is -2.45. The van der Waals surface area contributed by atoms with Crippen molar-refractivity contribution in [2.24, 2.45) is 16.8 Å². The first-order valence-electron chi connectivity index (χ1n) is 17.3. The van der Waals surface area contributed by atoms with Crippen molar-refractivity contribution in [1.29, 1.82) is 0 Å². The highest BCUT2D eigenvalue weighted by molar-refractivity contribution is 6.01. The summed E-state index contributed by atoms with van der Waals surface area (Å²) in [6, 6.07) is 27.1. The summed E-state index contributed by atoms with van der Waals surface area (Å²) in [5.74, 6) is 0.592. The fourth-order valence-electron chi connectivity index (χ4n) is 8.55. The van der Waals surface area contributed by atoms with Crippen molar-refractivity contribution in [3.05, 3.63) is 95.6 Å². The van der Waals surface area contributed by atoms with E-state index in [9.17, 15) is 4.79 Å². The minimum atomic E-state index is -0.975. The van der Waals surface area contributed by atoms with E-state index in [0.717, 1.165) is 48.4 Å². The third kappa shape index (κ3) is 5.81. The molecular weight excluding hydrogens is 606 g/mol. The van der Waals surface area contributed by atoms with E-state index < -0.39 is 17.4 Å². The molecule has 0 aliphatic carbocycles. The minimum Gasteiger partial charge on any atom is -0.493 e. The number of carbonyl (C=O) groups excluding carboxylic acids is 1. The first-order chi connectivity index (χ1) is 23.5. The molecule has 9 nitrogen and oxygen atoms in total. The maximum absolute atomic E-state index is 14.3. The van der Waals surface area contributed by atoms with Gasteiger partial charge < -0.3 is 23.7 Å². The highest BCUT2D eigenvalue weighted by atomic mass is 16.6. The van der Waals surface area contributed by atoms with Crippen molar-refractivity contribution in [2.75, 3.05) is 60.2 Å². The van der Waals surface area contributed by atoms with Gasteiger partial charge in [-0.05, 0) is 55.0 Å². The van der Waals surface area contributed by atoms with Gasteiger partial charge in [0.25, 0.3) is 0 Å². The molecule has 0 saturated carbocycles. The summed E-state index contributed by atoms with van der Waals surface area (Å²) in [5.41, 5.74) is 2.68. The summed E-state index contributed by atoms with van der Waals surface area (Å²) in [4.78, 5) is 24.8. The van der Waals surface area contributed by atoms with E-state index in [0.29, 0.717) is 51.6 Å². The maximum atomic E-state index is 14.3. The second kappa shape index (κ2) is 14.0. The molecule has 9 heteroatoms. The lowest BCUT2D eigenvalue weighted by molar-refractivity contribution is -0.181. The van der Waals surface area contributed by atoms with Gasteiger partial charge in [-0.2, -0.15) is 0 Å². The van der Waals surface area contributed by atoms with Crippen molar-refractivity contribution < 1.29 is 28.5 Å². The van der Waals surface area contributed by atoms with Gasteiger partial charge in [-0.3, -0.25) is 19.6 Å². The largest absolute Gasteiger partial charge is 0.493 e. The normalized spacial score (nSPS) is 28.2. The Morgan fingerprint density at radius 3 is 2.29 bits per heavy atom. The minimum absolute atomic E-state index is 0.0315. The van der Waals surface area contributed by atoms with Crippen LogP contribution in [0.25, 0.3) is 0 Å². The average molecular weight is 654 g/mol. The summed E-state index contributed by atoms with van der Waals surface area (Å²) in [6.07, 6.45) is 3.15. The Morgan fingerprint density at radius 1 is 0.896 bits per heavy atom. The van der Waals surface area contributed by atoms with E-state index in [4.69, 9.17) is 28.7 Å². The average Bonchev–Trinajstić information content (AvgIpc) is 3.72. The number of benzene rings is 3. The number of hydrogen-bond acceptors (Lipinski definition) is 9. The van der Waals surface area contributed by atoms with E-state index in [1.165, 1.54) is 5.56 Å². The molecule has 4 heterocycles. The van der Waals surface area contributed by atoms with Crippen LogP contribution in [-0.4, -0.2) is 99.2 Å². The van der Waals surface area contributed by atoms with Gasteiger partial charge in [-0.15, -0.1) is 0 Å². The second-order valence-corrected chi connectivity index (χ2v) is 13.2. The number of nitrogens with zero attached hydrogens (tertiary/aromatic N) is 3. The molecule has 3 aromatic rings. The predicted octanol–water partition coefficient (Wildman–Crippen LogP) is 4.81. The first-order valence-corrected chi connectivity index (χ1v) is 17.3. The third-order valence-corrected chi connectivity index (χ3v) is 10.7. The molecule has 1 unspecified atom stereocenters. The summed E-state index contributed by atoms with van der Waals surface area (Å²) >= 11 is 0. The van der Waals surface area contributed by atoms with Gasteiger partial charge in [0.1, 0.15) is 5.92 Å². The Bertz CT molecular complexity index is 1600. The Balaban J connectivity index is 1.29. The zero-order chi connectivity index (χ0) is 33.1. The molecule has 4 aliphatic heterocycles. The number of rotatable bonds is 13. The van der Waals surface area contributed by atoms with Gasteiger partial charge in [0.15, 0.2) is 22.9 Å². The lowest BCUT2D eigenvalue weighted by Crippen LogP contribution is -2.64. The van der Waals surface area contributed by atoms with Crippen molar-refractivity contribution in [3.8, 4) is 11.5 Å². The Hall–Kier alpha value is -3.76. The number of methoxy groups -OCH3 is 2. The van der Waals surface area contributed by atoms with Gasteiger partial charge in [0.2, 0.25) is 0 Å². The van der Waals surface area contributed by atoms with Gasteiger partial charge in [0, 0.05) is 38.5 Å². The van der Waals surface area contributed by atoms with Crippen molar-refractivity contribution in [3.63, 3.8) is 0 Å². The third-order valence-electron chi connectivity index (χ3n) is 10.7. The Kier molecular flexibility index (Phi) is 9.56. The molecule has 4 aliphatic rings. The summed E-state index contributed by atoms with van der Waals surface area (Å²) in [5, 5.41) is 0. The van der Waals surface area contributed by atoms with Crippen LogP contribution in [0.3, 0.4) is 0 Å². The van der Waals surface area contributed by atoms with E-state index in [-0.39, 0.29) is 17.9 Å². The van der Waals surface area contributed by atoms with Crippen LogP contribution in [0.1, 0.15) is 30.0 Å². The summed E-state index contributed by atoms with van der Waals surface area (Å²) in [6.45, 7) is 6.21. The van der Waals surface area contributed by atoms with Crippen LogP contribution < -0.4 is 9.47 Å². The van der Waals surface area contributed by atoms with E-state index in [1.807, 2.05) is 19.1 Å². The zero-order valence-electron chi connectivity index (χ0n) is 28.3. The van der Waals surface area contributed by atoms with Crippen LogP contribution in [0, 0.1) is 11.8 Å². The van der Waals surface area contributed by atoms with E-state index in [1.54, 1.807) is 14.2 Å². The molecule has 0 N–H and O–H groups in total. The molecular formula is C39H47N3O6. The molecule has 3 fully saturated rings. The molecule has 1 spiro atoms. The molecule has 5 atom stereocenters. The predicted molar refractivity (Wildman–Crippen MR) is 184 cm³/mol. The number of hydrogen-bond donors (Lipinski definition) is 0. The number of ether oxygens (including phenoxy) is 5. The van der Waals surface area contributed by atoms with Gasteiger partial charge in [-0.25, -0.2) is 0 Å². The maximum Gasteiger partial charge on any atom is 0.314 e. The van der Waals surface area contributed by atoms with Crippen LogP contribution in [0.4, 0.5) is 0 Å². The smallest absolute Gasteiger partial charge is 0.314 e. The van der Waals surface area contributed by atoms with Gasteiger partial charge in [-0.1, -0.05) is 66.7 Å². The fourth-order valence-corrected chi connectivity index (χ4v) is 8.55. The van der Waals surface area contributed by atoms with E-state index in [2.05, 4.69) is 76.5 Å². The quantitative estimate of drug-likeness (QED) is 0.243. The number of aryl methyl sites for hydroxylation is 1. The molecule has 0 amide bonds. The molecule has 7 rings (SSSR count). The van der Waals surface area contributed by atoms with Crippen LogP contribution in [0.2, 0.25) is 0 Å². The number of aliphatic imine (C=N–C) groups is 1.